The van der Waals surface area contributed by atoms with E-state index in [-0.39, 0.29) is 11.7 Å². The van der Waals surface area contributed by atoms with E-state index in [1.807, 2.05) is 44.2 Å². The van der Waals surface area contributed by atoms with Gasteiger partial charge in [0.2, 0.25) is 0 Å². The Hall–Kier alpha value is -3.86. The van der Waals surface area contributed by atoms with Crippen LogP contribution in [0.15, 0.2) is 72.5 Å². The SMILES string of the molecule is Cc1cc(C=C2Oc3ccccc3NC2=O)cc(C)c1OC(=O)c1ccccc1. The van der Waals surface area contributed by atoms with Gasteiger partial charge in [-0.25, -0.2) is 4.79 Å². The number of anilines is 1. The molecule has 144 valence electrons. The van der Waals surface area contributed by atoms with Crippen LogP contribution in [0.5, 0.6) is 11.5 Å². The van der Waals surface area contributed by atoms with Crippen molar-refractivity contribution in [2.24, 2.45) is 0 Å². The van der Waals surface area contributed by atoms with Gasteiger partial charge in [-0.05, 0) is 73.0 Å². The van der Waals surface area contributed by atoms with Gasteiger partial charge in [-0.3, -0.25) is 4.79 Å². The maximum Gasteiger partial charge on any atom is 0.343 e. The van der Waals surface area contributed by atoms with Gasteiger partial charge in [0, 0.05) is 0 Å². The first-order valence-electron chi connectivity index (χ1n) is 9.19. The summed E-state index contributed by atoms with van der Waals surface area (Å²) in [6, 6.07) is 19.8. The van der Waals surface area contributed by atoms with E-state index in [2.05, 4.69) is 5.32 Å². The summed E-state index contributed by atoms with van der Waals surface area (Å²) in [6.45, 7) is 3.72. The fraction of sp³-hybridized carbons (Fsp3) is 0.0833. The van der Waals surface area contributed by atoms with Crippen LogP contribution in [-0.2, 0) is 4.79 Å². The number of aryl methyl sites for hydroxylation is 2. The summed E-state index contributed by atoms with van der Waals surface area (Å²) >= 11 is 0. The first-order valence-corrected chi connectivity index (χ1v) is 9.19. The monoisotopic (exact) mass is 385 g/mol. The van der Waals surface area contributed by atoms with E-state index in [9.17, 15) is 9.59 Å². The minimum atomic E-state index is -0.408. The number of esters is 1. The number of benzene rings is 3. The average molecular weight is 385 g/mol. The number of carbonyl (C=O) groups excluding carboxylic acids is 2. The third-order valence-corrected chi connectivity index (χ3v) is 4.56. The molecule has 3 aromatic carbocycles. The van der Waals surface area contributed by atoms with E-state index in [1.165, 1.54) is 0 Å². The van der Waals surface area contributed by atoms with Crippen molar-refractivity contribution in [3.8, 4) is 11.5 Å². The summed E-state index contributed by atoms with van der Waals surface area (Å²) in [5.41, 5.74) is 3.49. The van der Waals surface area contributed by atoms with Crippen LogP contribution in [0.2, 0.25) is 0 Å². The molecule has 1 amide bonds. The maximum atomic E-state index is 12.4. The third-order valence-electron chi connectivity index (χ3n) is 4.56. The number of carbonyl (C=O) groups is 2. The molecule has 5 heteroatoms. The largest absolute Gasteiger partial charge is 0.449 e. The number of para-hydroxylation sites is 2. The van der Waals surface area contributed by atoms with Gasteiger partial charge in [-0.1, -0.05) is 30.3 Å². The molecule has 0 spiro atoms. The van der Waals surface area contributed by atoms with E-state index in [0.29, 0.717) is 22.7 Å². The molecule has 0 saturated carbocycles. The van der Waals surface area contributed by atoms with E-state index in [4.69, 9.17) is 9.47 Å². The number of fused-ring (bicyclic) bond motifs is 1. The Morgan fingerprint density at radius 1 is 0.966 bits per heavy atom. The average Bonchev–Trinajstić information content (AvgIpc) is 2.72. The highest BCUT2D eigenvalue weighted by Crippen LogP contribution is 2.32. The highest BCUT2D eigenvalue weighted by atomic mass is 16.5. The highest BCUT2D eigenvalue weighted by Gasteiger charge is 2.22. The zero-order chi connectivity index (χ0) is 20.4. The Bertz CT molecular complexity index is 1110. The summed E-state index contributed by atoms with van der Waals surface area (Å²) < 4.78 is 11.3. The molecule has 0 saturated heterocycles. The Balaban J connectivity index is 1.60. The van der Waals surface area contributed by atoms with E-state index in [1.54, 1.807) is 42.5 Å². The Morgan fingerprint density at radius 2 is 1.62 bits per heavy atom. The molecular weight excluding hydrogens is 366 g/mol. The molecule has 3 aromatic rings. The molecule has 5 nitrogen and oxygen atoms in total. The summed E-state index contributed by atoms with van der Waals surface area (Å²) in [4.78, 5) is 24.7. The topological polar surface area (TPSA) is 64.6 Å². The lowest BCUT2D eigenvalue weighted by Crippen LogP contribution is -2.23. The van der Waals surface area contributed by atoms with Crippen LogP contribution in [0, 0.1) is 13.8 Å². The summed E-state index contributed by atoms with van der Waals surface area (Å²) in [6.07, 6.45) is 1.67. The van der Waals surface area contributed by atoms with E-state index < -0.39 is 5.97 Å². The van der Waals surface area contributed by atoms with Gasteiger partial charge in [0.25, 0.3) is 5.91 Å². The molecule has 1 aliphatic rings. The number of hydrogen-bond acceptors (Lipinski definition) is 4. The molecule has 4 rings (SSSR count). The fourth-order valence-corrected chi connectivity index (χ4v) is 3.21. The van der Waals surface area contributed by atoms with Crippen molar-refractivity contribution in [1.82, 2.24) is 0 Å². The summed E-state index contributed by atoms with van der Waals surface area (Å²) in [7, 11) is 0. The Kier molecular flexibility index (Phi) is 4.87. The lowest BCUT2D eigenvalue weighted by Gasteiger charge is -2.19. The Morgan fingerprint density at radius 3 is 2.34 bits per heavy atom. The molecule has 0 bridgehead atoms. The van der Waals surface area contributed by atoms with Gasteiger partial charge in [0.1, 0.15) is 5.75 Å². The zero-order valence-corrected chi connectivity index (χ0v) is 16.1. The van der Waals surface area contributed by atoms with Crippen LogP contribution in [0.1, 0.15) is 27.0 Å². The van der Waals surface area contributed by atoms with Crippen molar-refractivity contribution in [3.63, 3.8) is 0 Å². The molecule has 0 aromatic heterocycles. The molecule has 0 radical (unpaired) electrons. The number of ether oxygens (including phenoxy) is 2. The van der Waals surface area contributed by atoms with Gasteiger partial charge in [0.15, 0.2) is 11.5 Å². The predicted octanol–water partition coefficient (Wildman–Crippen LogP) is 4.89. The second-order valence-electron chi connectivity index (χ2n) is 6.80. The van der Waals surface area contributed by atoms with E-state index >= 15 is 0 Å². The maximum absolute atomic E-state index is 12.4. The molecule has 0 aliphatic carbocycles. The minimum Gasteiger partial charge on any atom is -0.449 e. The fourth-order valence-electron chi connectivity index (χ4n) is 3.21. The molecule has 1 aliphatic heterocycles. The van der Waals surface area contributed by atoms with Crippen molar-refractivity contribution >= 4 is 23.6 Å². The van der Waals surface area contributed by atoms with Gasteiger partial charge in [0.05, 0.1) is 11.3 Å². The van der Waals surface area contributed by atoms with Crippen molar-refractivity contribution in [1.29, 1.82) is 0 Å². The normalized spacial score (nSPS) is 14.0. The molecule has 1 N–H and O–H groups in total. The van der Waals surface area contributed by atoms with Crippen molar-refractivity contribution in [2.75, 3.05) is 5.32 Å². The van der Waals surface area contributed by atoms with Crippen molar-refractivity contribution in [2.45, 2.75) is 13.8 Å². The molecule has 0 unspecified atom stereocenters. The summed E-state index contributed by atoms with van der Waals surface area (Å²) in [5.74, 6) is 0.602. The number of amides is 1. The van der Waals surface area contributed by atoms with Crippen LogP contribution < -0.4 is 14.8 Å². The summed E-state index contributed by atoms with van der Waals surface area (Å²) in [5, 5.41) is 2.81. The minimum absolute atomic E-state index is 0.205. The Labute approximate surface area is 168 Å². The van der Waals surface area contributed by atoms with Gasteiger partial charge >= 0.3 is 5.97 Å². The number of rotatable bonds is 3. The van der Waals surface area contributed by atoms with Crippen LogP contribution in [0.4, 0.5) is 5.69 Å². The van der Waals surface area contributed by atoms with Crippen LogP contribution in [-0.4, -0.2) is 11.9 Å². The molecular formula is C24H19NO4. The smallest absolute Gasteiger partial charge is 0.343 e. The molecule has 0 atom stereocenters. The van der Waals surface area contributed by atoms with Gasteiger partial charge in [-0.2, -0.15) is 0 Å². The second-order valence-corrected chi connectivity index (χ2v) is 6.80. The lowest BCUT2D eigenvalue weighted by atomic mass is 10.0. The molecule has 29 heavy (non-hydrogen) atoms. The predicted molar refractivity (Wildman–Crippen MR) is 111 cm³/mol. The first-order chi connectivity index (χ1) is 14.0. The highest BCUT2D eigenvalue weighted by molar-refractivity contribution is 6.08. The number of hydrogen-bond donors (Lipinski definition) is 1. The van der Waals surface area contributed by atoms with Crippen LogP contribution in [0.3, 0.4) is 0 Å². The quantitative estimate of drug-likeness (QED) is 0.396. The number of nitrogens with one attached hydrogen (secondary N) is 1. The third kappa shape index (κ3) is 3.89. The van der Waals surface area contributed by atoms with Crippen LogP contribution >= 0.6 is 0 Å². The van der Waals surface area contributed by atoms with Crippen molar-refractivity contribution in [3.05, 3.63) is 94.7 Å². The van der Waals surface area contributed by atoms with E-state index in [0.717, 1.165) is 16.7 Å². The second kappa shape index (κ2) is 7.64. The van der Waals surface area contributed by atoms with Gasteiger partial charge in [-0.15, -0.1) is 0 Å². The molecule has 1 heterocycles. The van der Waals surface area contributed by atoms with Gasteiger partial charge < -0.3 is 14.8 Å². The van der Waals surface area contributed by atoms with Crippen molar-refractivity contribution < 1.29 is 19.1 Å². The standard InChI is InChI=1S/C24H19NO4/c1-15-12-17(14-21-23(26)25-19-10-6-7-11-20(19)28-21)13-16(2)22(15)29-24(27)18-8-4-3-5-9-18/h3-14H,1-2H3,(H,25,26). The van der Waals surface area contributed by atoms with Crippen LogP contribution in [0.25, 0.3) is 6.08 Å². The first kappa shape index (κ1) is 18.5. The lowest BCUT2D eigenvalue weighted by molar-refractivity contribution is -0.115. The molecule has 0 fully saturated rings. The zero-order valence-electron chi connectivity index (χ0n) is 16.1.